The fourth-order valence-corrected chi connectivity index (χ4v) is 4.61. The SMILES string of the molecule is COCCCOc1cc(N(C(=O)c2ccc(F)c(F)c2)C2CC2)ccc1CN1CCCC(C(N)=O)C1. The Morgan fingerprint density at radius 1 is 1.08 bits per heavy atom. The summed E-state index contributed by atoms with van der Waals surface area (Å²) >= 11 is 0. The average molecular weight is 502 g/mol. The summed E-state index contributed by atoms with van der Waals surface area (Å²) in [6.07, 6.45) is 4.07. The monoisotopic (exact) mass is 501 g/mol. The molecule has 0 aromatic heterocycles. The van der Waals surface area contributed by atoms with Crippen LogP contribution in [0.15, 0.2) is 36.4 Å². The smallest absolute Gasteiger partial charge is 0.258 e. The molecule has 2 amide bonds. The summed E-state index contributed by atoms with van der Waals surface area (Å²) in [5, 5.41) is 0. The largest absolute Gasteiger partial charge is 0.493 e. The number of primary amides is 1. The van der Waals surface area contributed by atoms with Crippen LogP contribution in [0.3, 0.4) is 0 Å². The summed E-state index contributed by atoms with van der Waals surface area (Å²) in [4.78, 5) is 28.9. The van der Waals surface area contributed by atoms with Crippen LogP contribution in [-0.4, -0.2) is 56.2 Å². The van der Waals surface area contributed by atoms with Gasteiger partial charge < -0.3 is 20.1 Å². The van der Waals surface area contributed by atoms with Crippen molar-refractivity contribution in [2.24, 2.45) is 11.7 Å². The number of rotatable bonds is 11. The van der Waals surface area contributed by atoms with E-state index >= 15 is 0 Å². The number of piperidine rings is 1. The van der Waals surface area contributed by atoms with Crippen molar-refractivity contribution in [3.8, 4) is 5.75 Å². The Hall–Kier alpha value is -3.04. The highest BCUT2D eigenvalue weighted by Gasteiger charge is 2.35. The predicted molar refractivity (Wildman–Crippen MR) is 132 cm³/mol. The summed E-state index contributed by atoms with van der Waals surface area (Å²) in [5.74, 6) is -2.21. The lowest BCUT2D eigenvalue weighted by Gasteiger charge is -2.32. The Labute approximate surface area is 210 Å². The average Bonchev–Trinajstić information content (AvgIpc) is 3.70. The number of hydrogen-bond donors (Lipinski definition) is 1. The second-order valence-electron chi connectivity index (χ2n) is 9.50. The molecule has 36 heavy (non-hydrogen) atoms. The Morgan fingerprint density at radius 2 is 1.89 bits per heavy atom. The molecular formula is C27H33F2N3O4. The molecule has 2 aromatic rings. The summed E-state index contributed by atoms with van der Waals surface area (Å²) in [7, 11) is 1.63. The van der Waals surface area contributed by atoms with E-state index in [4.69, 9.17) is 15.2 Å². The maximum atomic E-state index is 13.8. The minimum atomic E-state index is -1.05. The topological polar surface area (TPSA) is 85.1 Å². The Morgan fingerprint density at radius 3 is 2.58 bits per heavy atom. The molecule has 2 N–H and O–H groups in total. The lowest BCUT2D eigenvalue weighted by molar-refractivity contribution is -0.123. The number of nitrogens with two attached hydrogens (primary N) is 1. The van der Waals surface area contributed by atoms with Crippen LogP contribution in [0.5, 0.6) is 5.75 Å². The Kier molecular flexibility index (Phi) is 8.53. The second-order valence-corrected chi connectivity index (χ2v) is 9.50. The van der Waals surface area contributed by atoms with Gasteiger partial charge in [-0.3, -0.25) is 14.5 Å². The lowest BCUT2D eigenvalue weighted by atomic mass is 9.97. The van der Waals surface area contributed by atoms with Gasteiger partial charge in [-0.15, -0.1) is 0 Å². The van der Waals surface area contributed by atoms with Gasteiger partial charge in [-0.25, -0.2) is 8.78 Å². The van der Waals surface area contributed by atoms with Crippen LogP contribution in [0.4, 0.5) is 14.5 Å². The number of nitrogens with zero attached hydrogens (tertiary/aromatic N) is 2. The first-order chi connectivity index (χ1) is 17.4. The highest BCUT2D eigenvalue weighted by Crippen LogP contribution is 2.36. The molecule has 194 valence electrons. The number of carbonyl (C=O) groups is 2. The first kappa shape index (κ1) is 26.0. The summed E-state index contributed by atoms with van der Waals surface area (Å²) in [5.41, 5.74) is 7.23. The first-order valence-corrected chi connectivity index (χ1v) is 12.4. The van der Waals surface area contributed by atoms with Crippen LogP contribution < -0.4 is 15.4 Å². The van der Waals surface area contributed by atoms with Crippen LogP contribution in [0.25, 0.3) is 0 Å². The van der Waals surface area contributed by atoms with Crippen LogP contribution in [0, 0.1) is 17.6 Å². The molecule has 1 atom stereocenters. The zero-order valence-corrected chi connectivity index (χ0v) is 20.6. The van der Waals surface area contributed by atoms with E-state index in [0.29, 0.717) is 44.2 Å². The van der Waals surface area contributed by atoms with Crippen LogP contribution in [0.1, 0.15) is 48.0 Å². The van der Waals surface area contributed by atoms with Gasteiger partial charge in [0, 0.05) is 62.1 Å². The van der Waals surface area contributed by atoms with Gasteiger partial charge in [0.2, 0.25) is 5.91 Å². The molecule has 0 bridgehead atoms. The van der Waals surface area contributed by atoms with E-state index in [9.17, 15) is 18.4 Å². The first-order valence-electron chi connectivity index (χ1n) is 12.4. The maximum absolute atomic E-state index is 13.8. The molecule has 4 rings (SSSR count). The van der Waals surface area contributed by atoms with Crippen molar-refractivity contribution in [3.05, 3.63) is 59.2 Å². The van der Waals surface area contributed by atoms with Gasteiger partial charge in [-0.2, -0.15) is 0 Å². The van der Waals surface area contributed by atoms with Crippen LogP contribution in [0.2, 0.25) is 0 Å². The lowest BCUT2D eigenvalue weighted by Crippen LogP contribution is -2.40. The molecule has 9 heteroatoms. The van der Waals surface area contributed by atoms with Crippen LogP contribution in [-0.2, 0) is 16.1 Å². The number of carbonyl (C=O) groups excluding carboxylic acids is 2. The molecule has 1 saturated carbocycles. The number of halogens is 2. The van der Waals surface area contributed by atoms with E-state index in [1.165, 1.54) is 6.07 Å². The van der Waals surface area contributed by atoms with Gasteiger partial charge >= 0.3 is 0 Å². The molecule has 1 unspecified atom stereocenters. The normalized spacial score (nSPS) is 18.1. The number of methoxy groups -OCH3 is 1. The van der Waals surface area contributed by atoms with E-state index in [0.717, 1.165) is 49.9 Å². The number of likely N-dealkylation sites (tertiary alicyclic amines) is 1. The molecule has 1 aliphatic heterocycles. The fraction of sp³-hybridized carbons (Fsp3) is 0.481. The third-order valence-corrected chi connectivity index (χ3v) is 6.68. The summed E-state index contributed by atoms with van der Waals surface area (Å²) in [6.45, 7) is 3.05. The molecule has 2 fully saturated rings. The molecule has 0 radical (unpaired) electrons. The van der Waals surface area contributed by atoms with Crippen molar-refractivity contribution < 1.29 is 27.8 Å². The van der Waals surface area contributed by atoms with Crippen LogP contribution >= 0.6 is 0 Å². The van der Waals surface area contributed by atoms with E-state index in [1.807, 2.05) is 18.2 Å². The van der Waals surface area contributed by atoms with Gasteiger partial charge in [-0.05, 0) is 56.5 Å². The number of anilines is 1. The van der Waals surface area contributed by atoms with Gasteiger partial charge in [0.1, 0.15) is 5.75 Å². The van der Waals surface area contributed by atoms with E-state index < -0.39 is 11.6 Å². The predicted octanol–water partition coefficient (Wildman–Crippen LogP) is 3.89. The highest BCUT2D eigenvalue weighted by molar-refractivity contribution is 6.07. The van der Waals surface area contributed by atoms with Crippen molar-refractivity contribution >= 4 is 17.5 Å². The molecule has 2 aromatic carbocycles. The second kappa shape index (κ2) is 11.8. The van der Waals surface area contributed by atoms with Gasteiger partial charge in [-0.1, -0.05) is 6.07 Å². The number of amides is 2. The minimum absolute atomic E-state index is 0.00350. The Balaban J connectivity index is 1.59. The highest BCUT2D eigenvalue weighted by atomic mass is 19.2. The third-order valence-electron chi connectivity index (χ3n) is 6.68. The quantitative estimate of drug-likeness (QED) is 0.473. The van der Waals surface area contributed by atoms with Gasteiger partial charge in [0.05, 0.1) is 12.5 Å². The third kappa shape index (κ3) is 6.39. The van der Waals surface area contributed by atoms with E-state index in [2.05, 4.69) is 4.90 Å². The molecule has 7 nitrogen and oxygen atoms in total. The molecule has 1 aliphatic carbocycles. The van der Waals surface area contributed by atoms with Gasteiger partial charge in [0.25, 0.3) is 5.91 Å². The standard InChI is InChI=1S/C27H33F2N3O4/c1-35-12-3-13-36-25-15-22(7-5-19(25)16-31-11-2-4-20(17-31)26(30)33)32(21-8-9-21)27(34)18-6-10-23(28)24(29)14-18/h5-7,10,14-15,20-21H,2-4,8-9,11-13,16-17H2,1H3,(H2,30,33). The molecule has 1 heterocycles. The van der Waals surface area contributed by atoms with Crippen molar-refractivity contribution in [2.75, 3.05) is 38.3 Å². The maximum Gasteiger partial charge on any atom is 0.258 e. The van der Waals surface area contributed by atoms with Crippen molar-refractivity contribution in [3.63, 3.8) is 0 Å². The molecule has 0 spiro atoms. The van der Waals surface area contributed by atoms with Crippen molar-refractivity contribution in [1.82, 2.24) is 4.90 Å². The van der Waals surface area contributed by atoms with Crippen molar-refractivity contribution in [1.29, 1.82) is 0 Å². The molecule has 2 aliphatic rings. The zero-order valence-electron chi connectivity index (χ0n) is 20.6. The van der Waals surface area contributed by atoms with Crippen molar-refractivity contribution in [2.45, 2.75) is 44.7 Å². The molecular weight excluding hydrogens is 468 g/mol. The Bertz CT molecular complexity index is 1090. The van der Waals surface area contributed by atoms with E-state index in [-0.39, 0.29) is 29.3 Å². The zero-order chi connectivity index (χ0) is 25.7. The van der Waals surface area contributed by atoms with E-state index in [1.54, 1.807) is 12.0 Å². The minimum Gasteiger partial charge on any atom is -0.493 e. The number of hydrogen-bond acceptors (Lipinski definition) is 5. The fourth-order valence-electron chi connectivity index (χ4n) is 4.61. The summed E-state index contributed by atoms with van der Waals surface area (Å²) < 4.78 is 38.5. The number of ether oxygens (including phenoxy) is 2. The summed E-state index contributed by atoms with van der Waals surface area (Å²) in [6, 6.07) is 8.85. The number of benzene rings is 2. The molecule has 1 saturated heterocycles. The van der Waals surface area contributed by atoms with Gasteiger partial charge in [0.15, 0.2) is 11.6 Å².